The minimum absolute atomic E-state index is 0.0836. The van der Waals surface area contributed by atoms with Gasteiger partial charge in [0.2, 0.25) is 0 Å². The molecule has 0 radical (unpaired) electrons. The average Bonchev–Trinajstić information content (AvgIpc) is 3.00. The lowest BCUT2D eigenvalue weighted by Crippen LogP contribution is -2.48. The second-order valence-electron chi connectivity index (χ2n) is 6.64. The Morgan fingerprint density at radius 3 is 2.72 bits per heavy atom. The second kappa shape index (κ2) is 6.76. The van der Waals surface area contributed by atoms with Gasteiger partial charge in [0.1, 0.15) is 5.71 Å². The molecule has 1 aromatic carbocycles. The van der Waals surface area contributed by atoms with Crippen LogP contribution in [0, 0.1) is 0 Å². The third-order valence-corrected chi connectivity index (χ3v) is 5.34. The van der Waals surface area contributed by atoms with Gasteiger partial charge in [-0.2, -0.15) is 13.2 Å². The minimum atomic E-state index is -4.61. The molecule has 152 valence electrons. The van der Waals surface area contributed by atoms with Gasteiger partial charge in [0.15, 0.2) is 0 Å². The van der Waals surface area contributed by atoms with Crippen molar-refractivity contribution >= 4 is 29.0 Å². The predicted molar refractivity (Wildman–Crippen MR) is 96.3 cm³/mol. The average molecular weight is 428 g/mol. The van der Waals surface area contributed by atoms with Crippen LogP contribution in [0.1, 0.15) is 35.7 Å². The van der Waals surface area contributed by atoms with Crippen LogP contribution in [0.3, 0.4) is 0 Å². The second-order valence-corrected chi connectivity index (χ2v) is 7.05. The Morgan fingerprint density at radius 1 is 1.34 bits per heavy atom. The molecule has 29 heavy (non-hydrogen) atoms. The SMILES string of the molecule is O=C(Nc1ccc(C(F)(F)F)c(Cl)c1)N1[C@@H]2CC[C@H]1/C(=N\O)c1[nH]c(=O)ncc12. The van der Waals surface area contributed by atoms with Crippen molar-refractivity contribution in [3.8, 4) is 0 Å². The zero-order chi connectivity index (χ0) is 20.9. The van der Waals surface area contributed by atoms with Gasteiger partial charge in [-0.15, -0.1) is 0 Å². The summed E-state index contributed by atoms with van der Waals surface area (Å²) >= 11 is 5.70. The highest BCUT2D eigenvalue weighted by molar-refractivity contribution is 6.31. The van der Waals surface area contributed by atoms with Gasteiger partial charge in [-0.05, 0) is 31.0 Å². The van der Waals surface area contributed by atoms with E-state index in [0.29, 0.717) is 24.1 Å². The molecule has 2 aliphatic heterocycles. The Bertz CT molecular complexity index is 1080. The van der Waals surface area contributed by atoms with Crippen molar-refractivity contribution in [2.45, 2.75) is 31.1 Å². The van der Waals surface area contributed by atoms with E-state index in [-0.39, 0.29) is 11.4 Å². The number of hydrogen-bond donors (Lipinski definition) is 3. The monoisotopic (exact) mass is 427 g/mol. The van der Waals surface area contributed by atoms with Crippen LogP contribution in [0.5, 0.6) is 0 Å². The maximum atomic E-state index is 12.9. The van der Waals surface area contributed by atoms with E-state index >= 15 is 0 Å². The van der Waals surface area contributed by atoms with Crippen LogP contribution in [-0.2, 0) is 6.18 Å². The van der Waals surface area contributed by atoms with Gasteiger partial charge in [0.25, 0.3) is 0 Å². The van der Waals surface area contributed by atoms with Gasteiger partial charge in [-0.1, -0.05) is 16.8 Å². The van der Waals surface area contributed by atoms with Crippen molar-refractivity contribution in [2.75, 3.05) is 5.32 Å². The standard InChI is InChI=1S/C17H13ClF3N5O3/c18-10-5-7(1-2-9(10)17(19,20)21)23-16(28)26-11-3-4-12(26)14(25-29)13-8(11)6-22-15(27)24-13/h1-2,5-6,11-12,29H,3-4H2,(H,23,28)(H,22,24,27)/b25-14+/t11-,12+/m1/s1. The summed E-state index contributed by atoms with van der Waals surface area (Å²) in [5.74, 6) is 0. The first-order chi connectivity index (χ1) is 13.7. The molecule has 2 atom stereocenters. The maximum absolute atomic E-state index is 12.9. The Kier molecular flexibility index (Phi) is 4.49. The molecule has 2 bridgehead atoms. The van der Waals surface area contributed by atoms with Crippen LogP contribution in [-0.4, -0.2) is 37.9 Å². The molecule has 8 nitrogen and oxygen atoms in total. The number of nitrogens with one attached hydrogen (secondary N) is 2. The van der Waals surface area contributed by atoms with E-state index < -0.39 is 40.6 Å². The largest absolute Gasteiger partial charge is 0.417 e. The van der Waals surface area contributed by atoms with E-state index in [1.54, 1.807) is 0 Å². The molecule has 0 saturated carbocycles. The Hall–Kier alpha value is -3.08. The lowest BCUT2D eigenvalue weighted by Gasteiger charge is -2.35. The lowest BCUT2D eigenvalue weighted by atomic mass is 9.98. The van der Waals surface area contributed by atoms with Crippen molar-refractivity contribution in [1.29, 1.82) is 0 Å². The van der Waals surface area contributed by atoms with Crippen LogP contribution >= 0.6 is 11.6 Å². The number of aromatic nitrogens is 2. The summed E-state index contributed by atoms with van der Waals surface area (Å²) < 4.78 is 38.5. The van der Waals surface area contributed by atoms with E-state index in [0.717, 1.165) is 18.2 Å². The van der Waals surface area contributed by atoms with Gasteiger partial charge in [0, 0.05) is 17.4 Å². The number of amides is 2. The summed E-state index contributed by atoms with van der Waals surface area (Å²) in [5, 5.41) is 14.7. The molecule has 12 heteroatoms. The van der Waals surface area contributed by atoms with Crippen LogP contribution < -0.4 is 11.0 Å². The lowest BCUT2D eigenvalue weighted by molar-refractivity contribution is -0.137. The molecule has 1 fully saturated rings. The van der Waals surface area contributed by atoms with E-state index in [2.05, 4.69) is 20.4 Å². The van der Waals surface area contributed by atoms with Crippen LogP contribution in [0.15, 0.2) is 34.3 Å². The van der Waals surface area contributed by atoms with Crippen LogP contribution in [0.25, 0.3) is 0 Å². The highest BCUT2D eigenvalue weighted by Gasteiger charge is 2.47. The summed E-state index contributed by atoms with van der Waals surface area (Å²) in [6.45, 7) is 0. The van der Waals surface area contributed by atoms with Crippen molar-refractivity contribution in [1.82, 2.24) is 14.9 Å². The third-order valence-electron chi connectivity index (χ3n) is 5.03. The first-order valence-electron chi connectivity index (χ1n) is 8.48. The number of halogens is 4. The molecule has 0 unspecified atom stereocenters. The predicted octanol–water partition coefficient (Wildman–Crippen LogP) is 3.37. The number of carbonyl (C=O) groups is 1. The van der Waals surface area contributed by atoms with Gasteiger partial charge >= 0.3 is 17.9 Å². The van der Waals surface area contributed by atoms with Crippen LogP contribution in [0.4, 0.5) is 23.7 Å². The number of H-pyrrole nitrogens is 1. The third kappa shape index (κ3) is 3.20. The first kappa shape index (κ1) is 19.2. The topological polar surface area (TPSA) is 111 Å². The molecule has 1 aromatic heterocycles. The normalized spacial score (nSPS) is 21.9. The first-order valence-corrected chi connectivity index (χ1v) is 8.86. The van der Waals surface area contributed by atoms with Crippen molar-refractivity contribution in [3.05, 3.63) is 56.7 Å². The number of fused-ring (bicyclic) bond motifs is 4. The molecule has 3 heterocycles. The van der Waals surface area contributed by atoms with Crippen molar-refractivity contribution in [2.24, 2.45) is 5.16 Å². The number of urea groups is 1. The van der Waals surface area contributed by atoms with Gasteiger partial charge in [-0.3, -0.25) is 0 Å². The summed E-state index contributed by atoms with van der Waals surface area (Å²) in [7, 11) is 0. The molecule has 2 aliphatic rings. The molecule has 2 amide bonds. The van der Waals surface area contributed by atoms with E-state index in [1.165, 1.54) is 11.1 Å². The molecule has 1 saturated heterocycles. The van der Waals surface area contributed by atoms with Gasteiger partial charge in [-0.25, -0.2) is 14.6 Å². The molecule has 2 aromatic rings. The zero-order valence-corrected chi connectivity index (χ0v) is 15.3. The van der Waals surface area contributed by atoms with E-state index in [4.69, 9.17) is 11.6 Å². The number of anilines is 1. The molecular weight excluding hydrogens is 415 g/mol. The Balaban J connectivity index is 1.64. The number of hydrogen-bond acceptors (Lipinski definition) is 5. The minimum Gasteiger partial charge on any atom is -0.411 e. The quantitative estimate of drug-likeness (QED) is 0.478. The highest BCUT2D eigenvalue weighted by Crippen LogP contribution is 2.43. The van der Waals surface area contributed by atoms with E-state index in [1.807, 2.05) is 0 Å². The molecule has 4 rings (SSSR count). The molecule has 3 N–H and O–H groups in total. The summed E-state index contributed by atoms with van der Waals surface area (Å²) in [5.41, 5.74) is -0.571. The fourth-order valence-corrected chi connectivity index (χ4v) is 4.12. The van der Waals surface area contributed by atoms with Gasteiger partial charge in [0.05, 0.1) is 28.4 Å². The fourth-order valence-electron chi connectivity index (χ4n) is 3.83. The summed E-state index contributed by atoms with van der Waals surface area (Å²) in [6, 6.07) is 1.25. The van der Waals surface area contributed by atoms with Crippen molar-refractivity contribution in [3.63, 3.8) is 0 Å². The maximum Gasteiger partial charge on any atom is 0.417 e. The molecule has 0 aliphatic carbocycles. The summed E-state index contributed by atoms with van der Waals surface area (Å²) in [6.07, 6.45) is -2.28. The van der Waals surface area contributed by atoms with Gasteiger partial charge < -0.3 is 20.4 Å². The number of nitrogens with zero attached hydrogens (tertiary/aromatic N) is 3. The number of oxime groups is 1. The fraction of sp³-hybridized carbons (Fsp3) is 0.294. The van der Waals surface area contributed by atoms with Crippen LogP contribution in [0.2, 0.25) is 5.02 Å². The number of alkyl halides is 3. The number of carbonyl (C=O) groups excluding carboxylic acids is 1. The smallest absolute Gasteiger partial charge is 0.411 e. The highest BCUT2D eigenvalue weighted by atomic mass is 35.5. The van der Waals surface area contributed by atoms with Crippen molar-refractivity contribution < 1.29 is 23.2 Å². The molecular formula is C17H13ClF3N5O3. The number of aromatic amines is 1. The molecule has 0 spiro atoms. The number of rotatable bonds is 1. The number of benzene rings is 1. The van der Waals surface area contributed by atoms with E-state index in [9.17, 15) is 28.0 Å². The Labute approximate surface area is 166 Å². The Morgan fingerprint density at radius 2 is 2.07 bits per heavy atom. The summed E-state index contributed by atoms with van der Waals surface area (Å²) in [4.78, 5) is 32.0. The zero-order valence-electron chi connectivity index (χ0n) is 14.5.